The lowest BCUT2D eigenvalue weighted by Gasteiger charge is -2.23. The predicted octanol–water partition coefficient (Wildman–Crippen LogP) is 2.32. The third kappa shape index (κ3) is 5.10. The van der Waals surface area contributed by atoms with Gasteiger partial charge in [-0.3, -0.25) is 0 Å². The molecule has 4 aromatic rings. The van der Waals surface area contributed by atoms with E-state index in [1.54, 1.807) is 19.2 Å². The summed E-state index contributed by atoms with van der Waals surface area (Å²) < 4.78 is 34.9. The van der Waals surface area contributed by atoms with E-state index in [0.717, 1.165) is 15.4 Å². The van der Waals surface area contributed by atoms with E-state index in [4.69, 9.17) is 22.1 Å². The topological polar surface area (TPSA) is 144 Å². The maximum atomic E-state index is 13.1. The number of aliphatic hydroxyl groups is 2. The molecule has 5 rings (SSSR count). The molecular weight excluding hydrogens is 542 g/mol. The highest BCUT2D eigenvalue weighted by molar-refractivity contribution is 7.89. The molecule has 1 saturated heterocycles. The van der Waals surface area contributed by atoms with Crippen molar-refractivity contribution in [3.8, 4) is 11.8 Å². The second kappa shape index (κ2) is 10.6. The molecule has 0 spiro atoms. The average molecular weight is 568 g/mol. The zero-order valence-electron chi connectivity index (χ0n) is 21.1. The van der Waals surface area contributed by atoms with Gasteiger partial charge in [-0.05, 0) is 36.8 Å². The van der Waals surface area contributed by atoms with Gasteiger partial charge in [0.25, 0.3) is 0 Å². The fourth-order valence-electron chi connectivity index (χ4n) is 4.43. The van der Waals surface area contributed by atoms with Crippen LogP contribution >= 0.6 is 11.6 Å². The number of aryl methyl sites for hydroxylation is 1. The molecule has 1 fully saturated rings. The second-order valence-corrected chi connectivity index (χ2v) is 11.7. The van der Waals surface area contributed by atoms with Crippen molar-refractivity contribution in [3.63, 3.8) is 0 Å². The number of halogens is 1. The number of ether oxygens (including phenoxy) is 1. The number of benzene rings is 2. The molecule has 1 aliphatic rings. The SMILES string of the molecule is Cc1ccc(S(=O)(=O)N(C)C[C@H]2O[C@@H](n3cc(C#Cc4ccccc4)c4c(N)ncnc43)[C@H](O)[C@@H]2O)cc1Cl. The van der Waals surface area contributed by atoms with Crippen LogP contribution in [0.25, 0.3) is 11.0 Å². The highest BCUT2D eigenvalue weighted by Crippen LogP contribution is 2.35. The summed E-state index contributed by atoms with van der Waals surface area (Å²) in [5, 5.41) is 22.6. The lowest BCUT2D eigenvalue weighted by molar-refractivity contribution is -0.0373. The third-order valence-corrected chi connectivity index (χ3v) is 8.88. The number of rotatable bonds is 5. The average Bonchev–Trinajstić information content (AvgIpc) is 3.42. The normalized spacial score (nSPS) is 21.3. The van der Waals surface area contributed by atoms with Crippen LogP contribution in [0.3, 0.4) is 0 Å². The Morgan fingerprint density at radius 3 is 2.59 bits per heavy atom. The fraction of sp³-hybridized carbons (Fsp3) is 0.259. The summed E-state index contributed by atoms with van der Waals surface area (Å²) in [5.41, 5.74) is 8.55. The predicted molar refractivity (Wildman–Crippen MR) is 146 cm³/mol. The number of nitrogen functional groups attached to an aromatic ring is 1. The largest absolute Gasteiger partial charge is 0.387 e. The van der Waals surface area contributed by atoms with Gasteiger partial charge in [0.05, 0.1) is 15.8 Å². The van der Waals surface area contributed by atoms with Crippen LogP contribution in [0.2, 0.25) is 5.02 Å². The van der Waals surface area contributed by atoms with Gasteiger partial charge < -0.3 is 25.3 Å². The van der Waals surface area contributed by atoms with Crippen molar-refractivity contribution >= 4 is 38.5 Å². The van der Waals surface area contributed by atoms with Gasteiger partial charge in [0.2, 0.25) is 10.0 Å². The Balaban J connectivity index is 1.44. The van der Waals surface area contributed by atoms with Crippen LogP contribution in [-0.2, 0) is 14.8 Å². The van der Waals surface area contributed by atoms with E-state index >= 15 is 0 Å². The Morgan fingerprint density at radius 2 is 1.87 bits per heavy atom. The molecule has 202 valence electrons. The smallest absolute Gasteiger partial charge is 0.242 e. The van der Waals surface area contributed by atoms with Crippen molar-refractivity contribution in [1.29, 1.82) is 0 Å². The van der Waals surface area contributed by atoms with Crippen molar-refractivity contribution in [2.45, 2.75) is 36.4 Å². The van der Waals surface area contributed by atoms with E-state index in [2.05, 4.69) is 21.8 Å². The van der Waals surface area contributed by atoms with E-state index in [1.165, 1.54) is 30.1 Å². The molecule has 4 atom stereocenters. The molecule has 39 heavy (non-hydrogen) atoms. The van der Waals surface area contributed by atoms with Gasteiger partial charge in [-0.1, -0.05) is 47.7 Å². The standard InChI is InChI=1S/C27H26ClN5O5S/c1-16-8-11-19(12-20(16)28)39(36,37)32(2)14-21-23(34)24(35)27(38-21)33-13-18(10-9-17-6-4-3-5-7-17)22-25(29)30-15-31-26(22)33/h3-8,11-13,15,21,23-24,27,34-35H,14H2,1-2H3,(H2,29,30,31)/t21-,23-,24-,27-/m1/s1. The first-order valence-electron chi connectivity index (χ1n) is 12.0. The van der Waals surface area contributed by atoms with Gasteiger partial charge in [0, 0.05) is 30.4 Å². The Hall–Kier alpha value is -3.50. The third-order valence-electron chi connectivity index (χ3n) is 6.65. The second-order valence-electron chi connectivity index (χ2n) is 9.27. The molecule has 0 radical (unpaired) electrons. The minimum Gasteiger partial charge on any atom is -0.387 e. The molecule has 4 N–H and O–H groups in total. The molecule has 2 aromatic carbocycles. The molecule has 12 heteroatoms. The van der Waals surface area contributed by atoms with Crippen molar-refractivity contribution in [1.82, 2.24) is 18.8 Å². The summed E-state index contributed by atoms with van der Waals surface area (Å²) >= 11 is 6.13. The molecule has 1 aliphatic heterocycles. The van der Waals surface area contributed by atoms with Crippen molar-refractivity contribution in [2.24, 2.45) is 0 Å². The van der Waals surface area contributed by atoms with Gasteiger partial charge in [0.1, 0.15) is 36.1 Å². The van der Waals surface area contributed by atoms with E-state index in [1.807, 2.05) is 30.3 Å². The highest BCUT2D eigenvalue weighted by Gasteiger charge is 2.45. The highest BCUT2D eigenvalue weighted by atomic mass is 35.5. The van der Waals surface area contributed by atoms with Crippen LogP contribution in [0.1, 0.15) is 22.9 Å². The number of anilines is 1. The van der Waals surface area contributed by atoms with Crippen LogP contribution in [0.4, 0.5) is 5.82 Å². The summed E-state index contributed by atoms with van der Waals surface area (Å²) in [6.07, 6.45) is -1.99. The molecule has 3 heterocycles. The van der Waals surface area contributed by atoms with Gasteiger partial charge in [-0.25, -0.2) is 18.4 Å². The van der Waals surface area contributed by atoms with Gasteiger partial charge in [0.15, 0.2) is 6.23 Å². The number of aromatic nitrogens is 3. The first kappa shape index (κ1) is 27.1. The molecule has 10 nitrogen and oxygen atoms in total. The molecule has 0 saturated carbocycles. The monoisotopic (exact) mass is 567 g/mol. The Bertz CT molecular complexity index is 1700. The van der Waals surface area contributed by atoms with E-state index in [-0.39, 0.29) is 17.3 Å². The molecule has 0 unspecified atom stereocenters. The first-order chi connectivity index (χ1) is 18.6. The number of fused-ring (bicyclic) bond motifs is 1. The molecule has 0 bridgehead atoms. The Morgan fingerprint density at radius 1 is 1.13 bits per heavy atom. The Labute approximate surface area is 230 Å². The number of nitrogens with zero attached hydrogens (tertiary/aromatic N) is 4. The number of sulfonamides is 1. The van der Waals surface area contributed by atoms with E-state index in [0.29, 0.717) is 21.6 Å². The first-order valence-corrected chi connectivity index (χ1v) is 13.8. The van der Waals surface area contributed by atoms with Crippen LogP contribution in [0, 0.1) is 18.8 Å². The molecule has 2 aromatic heterocycles. The summed E-state index contributed by atoms with van der Waals surface area (Å²) in [7, 11) is -2.57. The van der Waals surface area contributed by atoms with Gasteiger partial charge in [-0.15, -0.1) is 0 Å². The number of hydrogen-bond acceptors (Lipinski definition) is 8. The number of aliphatic hydroxyl groups excluding tert-OH is 2. The Kier molecular flexibility index (Phi) is 7.35. The quantitative estimate of drug-likeness (QED) is 0.312. The minimum atomic E-state index is -3.94. The van der Waals surface area contributed by atoms with E-state index < -0.39 is 34.6 Å². The van der Waals surface area contributed by atoms with E-state index in [9.17, 15) is 18.6 Å². The van der Waals surface area contributed by atoms with Crippen molar-refractivity contribution < 1.29 is 23.4 Å². The summed E-state index contributed by atoms with van der Waals surface area (Å²) in [5.74, 6) is 6.34. The molecule has 0 aliphatic carbocycles. The van der Waals surface area contributed by atoms with Gasteiger partial charge in [-0.2, -0.15) is 4.31 Å². The maximum absolute atomic E-state index is 13.1. The molecule has 0 amide bonds. The zero-order chi connectivity index (χ0) is 27.9. The lowest BCUT2D eigenvalue weighted by Crippen LogP contribution is -2.40. The molecular formula is C27H26ClN5O5S. The summed E-state index contributed by atoms with van der Waals surface area (Å²) in [6.45, 7) is 1.55. The number of likely N-dealkylation sites (N-methyl/N-ethyl adjacent to an activating group) is 1. The summed E-state index contributed by atoms with van der Waals surface area (Å²) in [4.78, 5) is 8.39. The number of hydrogen-bond donors (Lipinski definition) is 3. The zero-order valence-corrected chi connectivity index (χ0v) is 22.6. The fourth-order valence-corrected chi connectivity index (χ4v) is 5.89. The van der Waals surface area contributed by atoms with Crippen LogP contribution < -0.4 is 5.73 Å². The van der Waals surface area contributed by atoms with Crippen molar-refractivity contribution in [2.75, 3.05) is 19.3 Å². The summed E-state index contributed by atoms with van der Waals surface area (Å²) in [6, 6.07) is 13.8. The van der Waals surface area contributed by atoms with Crippen LogP contribution in [0.15, 0.2) is 66.0 Å². The lowest BCUT2D eigenvalue weighted by atomic mass is 10.1. The van der Waals surface area contributed by atoms with Crippen LogP contribution in [0.5, 0.6) is 0 Å². The van der Waals surface area contributed by atoms with Crippen LogP contribution in [-0.4, -0.2) is 69.4 Å². The van der Waals surface area contributed by atoms with Gasteiger partial charge >= 0.3 is 0 Å². The minimum absolute atomic E-state index is 0.00963. The number of nitrogens with two attached hydrogens (primary N) is 1. The maximum Gasteiger partial charge on any atom is 0.242 e. The van der Waals surface area contributed by atoms with Crippen molar-refractivity contribution in [3.05, 3.63) is 82.8 Å².